The zero-order valence-corrected chi connectivity index (χ0v) is 19.3. The normalized spacial score (nSPS) is 10.9. The van der Waals surface area contributed by atoms with E-state index in [1.54, 1.807) is 0 Å². The second kappa shape index (κ2) is 10.6. The van der Waals surface area contributed by atoms with Crippen molar-refractivity contribution in [1.82, 2.24) is 15.8 Å². The van der Waals surface area contributed by atoms with Crippen LogP contribution in [0.4, 0.5) is 23.7 Å². The van der Waals surface area contributed by atoms with Crippen LogP contribution >= 0.6 is 20.8 Å². The Morgan fingerprint density at radius 3 is 2.44 bits per heavy atom. The number of aromatic nitrogens is 1. The summed E-state index contributed by atoms with van der Waals surface area (Å²) in [4.78, 5) is 32.5. The molecule has 1 unspecified atom stereocenters. The molecule has 0 radical (unpaired) electrons. The lowest BCUT2D eigenvalue weighted by Gasteiger charge is -2.14. The number of nitrogens with one attached hydrogen (secondary N) is 3. The molecule has 1 aromatic heterocycles. The number of alkyl halides is 2. The van der Waals surface area contributed by atoms with Crippen molar-refractivity contribution in [3.63, 3.8) is 0 Å². The van der Waals surface area contributed by atoms with Crippen LogP contribution in [0.5, 0.6) is 17.2 Å². The lowest BCUT2D eigenvalue weighted by atomic mass is 10.2. The monoisotopic (exact) mass is 512 g/mol. The minimum absolute atomic E-state index is 0.0980. The molecule has 0 fully saturated rings. The molecule has 0 saturated carbocycles. The van der Waals surface area contributed by atoms with E-state index in [0.717, 1.165) is 12.1 Å². The van der Waals surface area contributed by atoms with Gasteiger partial charge in [-0.15, -0.1) is 0 Å². The minimum atomic E-state index is -3.30. The van der Waals surface area contributed by atoms with Gasteiger partial charge in [0.15, 0.2) is 5.75 Å². The Bertz CT molecular complexity index is 1230. The van der Waals surface area contributed by atoms with Crippen molar-refractivity contribution < 1.29 is 32.3 Å². The van der Waals surface area contributed by atoms with E-state index in [2.05, 4.69) is 15.6 Å². The zero-order valence-electron chi connectivity index (χ0n) is 17.4. The number of ether oxygens (including phenoxy) is 1. The minimum Gasteiger partial charge on any atom is -0.457 e. The molecule has 8 nitrogen and oxygen atoms in total. The molecule has 0 aliphatic heterocycles. The van der Waals surface area contributed by atoms with Crippen molar-refractivity contribution in [3.05, 3.63) is 76.8 Å². The molecule has 1 atom stereocenters. The molecule has 0 bridgehead atoms. The Hall–Kier alpha value is -3.56. The molecule has 178 valence electrons. The lowest BCUT2D eigenvalue weighted by molar-refractivity contribution is 0.0957. The molecule has 13 heteroatoms. The van der Waals surface area contributed by atoms with Gasteiger partial charge in [0.2, 0.25) is 0 Å². The number of pyridine rings is 1. The fourth-order valence-corrected chi connectivity index (χ4v) is 3.17. The molecule has 3 aromatic rings. The Morgan fingerprint density at radius 2 is 1.76 bits per heavy atom. The van der Waals surface area contributed by atoms with E-state index in [0.29, 0.717) is 0 Å². The van der Waals surface area contributed by atoms with Gasteiger partial charge in [0, 0.05) is 30.9 Å². The zero-order chi connectivity index (χ0) is 24.9. The molecule has 3 amide bonds. The fraction of sp³-hybridized carbons (Fsp3) is 0.0952. The van der Waals surface area contributed by atoms with Gasteiger partial charge in [-0.05, 0) is 36.4 Å². The van der Waals surface area contributed by atoms with Gasteiger partial charge in [-0.3, -0.25) is 9.78 Å². The first kappa shape index (κ1) is 25.1. The number of anilines is 1. The number of hydroxylamine groups is 1. The summed E-state index contributed by atoms with van der Waals surface area (Å²) in [6.45, 7) is 0. The number of carbonyl (C=O) groups is 2. The van der Waals surface area contributed by atoms with Gasteiger partial charge in [0.25, 0.3) is 11.6 Å². The predicted octanol–water partition coefficient (Wildman–Crippen LogP) is 5.07. The van der Waals surface area contributed by atoms with Gasteiger partial charge in [-0.2, -0.15) is 14.3 Å². The van der Waals surface area contributed by atoms with Gasteiger partial charge in [0.1, 0.15) is 23.0 Å². The predicted molar refractivity (Wildman–Crippen MR) is 122 cm³/mol. The van der Waals surface area contributed by atoms with E-state index in [9.17, 15) is 22.8 Å². The summed E-state index contributed by atoms with van der Waals surface area (Å²) in [6, 6.07) is 8.93. The van der Waals surface area contributed by atoms with Crippen molar-refractivity contribution in [3.8, 4) is 17.2 Å². The van der Waals surface area contributed by atoms with E-state index in [1.807, 2.05) is 5.48 Å². The van der Waals surface area contributed by atoms with Crippen molar-refractivity contribution in [1.29, 1.82) is 0 Å². The van der Waals surface area contributed by atoms with Crippen LogP contribution in [-0.2, 0) is 5.66 Å². The number of urea groups is 1. The smallest absolute Gasteiger partial charge is 0.352 e. The van der Waals surface area contributed by atoms with Crippen molar-refractivity contribution >= 4 is 38.5 Å². The van der Waals surface area contributed by atoms with E-state index in [4.69, 9.17) is 21.2 Å². The van der Waals surface area contributed by atoms with E-state index in [-0.39, 0.29) is 33.7 Å². The topological polar surface area (TPSA) is 102 Å². The number of benzene rings is 2. The maximum Gasteiger partial charge on any atom is 0.352 e. The highest BCUT2D eigenvalue weighted by molar-refractivity contribution is 7.17. The summed E-state index contributed by atoms with van der Waals surface area (Å²) in [7, 11) is 2.80. The first-order valence-electron chi connectivity index (χ1n) is 9.43. The molecular weight excluding hydrogens is 496 g/mol. The maximum absolute atomic E-state index is 14.4. The standard InChI is InChI=1S/C21H17ClF3N4O4P/c1-26-19(30)18-10-12(6-7-27-18)32-11-3-5-17(16(23)9-11)28-20(31)29-33-13-2-4-15(22)14(8-13)21(24,25)34/h2-10H,34H2,1H3,(H,26,30)(H2,28,29,31). The number of hydrogen-bond donors (Lipinski definition) is 3. The third-order valence-corrected chi connectivity index (χ3v) is 4.81. The fourth-order valence-electron chi connectivity index (χ4n) is 2.60. The number of nitrogens with zero attached hydrogens (tertiary/aromatic N) is 1. The van der Waals surface area contributed by atoms with Crippen LogP contribution in [0.1, 0.15) is 16.1 Å². The third kappa shape index (κ3) is 6.49. The third-order valence-electron chi connectivity index (χ3n) is 4.17. The molecular formula is C21H17ClF3N4O4P. The second-order valence-corrected chi connectivity index (χ2v) is 7.75. The summed E-state index contributed by atoms with van der Waals surface area (Å²) in [5.41, 5.74) is -1.94. The van der Waals surface area contributed by atoms with Crippen molar-refractivity contribution in [2.45, 2.75) is 5.66 Å². The molecule has 34 heavy (non-hydrogen) atoms. The van der Waals surface area contributed by atoms with Crippen molar-refractivity contribution in [2.75, 3.05) is 12.4 Å². The van der Waals surface area contributed by atoms with E-state index < -0.39 is 29.0 Å². The highest BCUT2D eigenvalue weighted by atomic mass is 35.5. The first-order valence-corrected chi connectivity index (χ1v) is 10.4. The van der Waals surface area contributed by atoms with Crippen LogP contribution in [0, 0.1) is 5.82 Å². The highest BCUT2D eigenvalue weighted by Crippen LogP contribution is 2.40. The van der Waals surface area contributed by atoms with Gasteiger partial charge < -0.3 is 20.2 Å². The summed E-state index contributed by atoms with van der Waals surface area (Å²) in [5, 5.41) is 4.46. The molecule has 2 aromatic carbocycles. The first-order chi connectivity index (χ1) is 16.1. The van der Waals surface area contributed by atoms with Gasteiger partial charge in [0.05, 0.1) is 10.7 Å². The summed E-state index contributed by atoms with van der Waals surface area (Å²) >= 11 is 5.74. The highest BCUT2D eigenvalue weighted by Gasteiger charge is 2.28. The van der Waals surface area contributed by atoms with Gasteiger partial charge >= 0.3 is 6.03 Å². The Balaban J connectivity index is 1.62. The average molecular weight is 513 g/mol. The molecule has 3 rings (SSSR count). The Labute approximate surface area is 199 Å². The molecule has 3 N–H and O–H groups in total. The van der Waals surface area contributed by atoms with E-state index >= 15 is 0 Å². The number of rotatable bonds is 7. The van der Waals surface area contributed by atoms with E-state index in [1.165, 1.54) is 58.9 Å². The largest absolute Gasteiger partial charge is 0.457 e. The van der Waals surface area contributed by atoms with Crippen LogP contribution in [-0.4, -0.2) is 24.0 Å². The molecule has 0 spiro atoms. The van der Waals surface area contributed by atoms with Gasteiger partial charge in [-0.1, -0.05) is 20.8 Å². The van der Waals surface area contributed by atoms with Crippen LogP contribution < -0.4 is 25.7 Å². The Kier molecular flexibility index (Phi) is 7.80. The lowest BCUT2D eigenvalue weighted by Crippen LogP contribution is -2.32. The molecule has 0 aliphatic carbocycles. The quantitative estimate of drug-likeness (QED) is 0.303. The van der Waals surface area contributed by atoms with Crippen LogP contribution in [0.3, 0.4) is 0 Å². The summed E-state index contributed by atoms with van der Waals surface area (Å²) < 4.78 is 47.0. The van der Waals surface area contributed by atoms with Crippen LogP contribution in [0.15, 0.2) is 54.7 Å². The molecule has 1 heterocycles. The maximum atomic E-state index is 14.4. The SMILES string of the molecule is CNC(=O)c1cc(Oc2ccc(NC(=O)NOc3ccc(Cl)c(C(F)(F)P)c3)c(F)c2)ccn1. The van der Waals surface area contributed by atoms with Crippen LogP contribution in [0.25, 0.3) is 0 Å². The second-order valence-electron chi connectivity index (χ2n) is 6.62. The summed E-state index contributed by atoms with van der Waals surface area (Å²) in [5.74, 6) is -1.01. The number of amides is 3. The number of carbonyl (C=O) groups excluding carboxylic acids is 2. The van der Waals surface area contributed by atoms with Gasteiger partial charge in [-0.25, -0.2) is 9.18 Å². The van der Waals surface area contributed by atoms with Crippen molar-refractivity contribution in [2.24, 2.45) is 0 Å². The molecule has 0 aliphatic rings. The summed E-state index contributed by atoms with van der Waals surface area (Å²) in [6.07, 6.45) is 1.36. The number of halogens is 4. The average Bonchev–Trinajstić information content (AvgIpc) is 2.79. The Morgan fingerprint density at radius 1 is 1.06 bits per heavy atom. The molecule has 0 saturated heterocycles. The van der Waals surface area contributed by atoms with Crippen LogP contribution in [0.2, 0.25) is 5.02 Å². The number of hydrogen-bond acceptors (Lipinski definition) is 5.